The molecule has 154 valence electrons. The van der Waals surface area contributed by atoms with E-state index in [1.165, 1.54) is 12.8 Å². The Balaban J connectivity index is 1.51. The van der Waals surface area contributed by atoms with Gasteiger partial charge in [0.25, 0.3) is 0 Å². The Morgan fingerprint density at radius 3 is 2.78 bits per heavy atom. The molecule has 8 nitrogen and oxygen atoms in total. The van der Waals surface area contributed by atoms with Crippen LogP contribution >= 0.6 is 0 Å². The average Bonchev–Trinajstić information content (AvgIpc) is 3.13. The lowest BCUT2D eigenvalue weighted by molar-refractivity contribution is -0.138. The highest BCUT2D eigenvalue weighted by Gasteiger charge is 2.57. The molecule has 1 spiro atoms. The van der Waals surface area contributed by atoms with Crippen LogP contribution in [-0.4, -0.2) is 91.6 Å². The van der Waals surface area contributed by atoms with Gasteiger partial charge in [0.2, 0.25) is 0 Å². The quantitative estimate of drug-likeness (QED) is 0.685. The molecule has 1 aliphatic heterocycles. The molecule has 1 heterocycles. The topological polar surface area (TPSA) is 91.3 Å². The van der Waals surface area contributed by atoms with Crippen molar-refractivity contribution in [1.82, 2.24) is 15.1 Å². The lowest BCUT2D eigenvalue weighted by Gasteiger charge is -2.54. The molecular formula is C19H33N3O5. The fraction of sp³-hybridized carbons (Fsp3) is 0.895. The normalized spacial score (nSPS) is 29.7. The van der Waals surface area contributed by atoms with Crippen molar-refractivity contribution < 1.29 is 24.2 Å². The Labute approximate surface area is 161 Å². The highest BCUT2D eigenvalue weighted by molar-refractivity contribution is 5.75. The summed E-state index contributed by atoms with van der Waals surface area (Å²) in [5.74, 6) is -0.862. The van der Waals surface area contributed by atoms with Crippen molar-refractivity contribution in [3.8, 4) is 0 Å². The number of urea groups is 1. The Kier molecular flexibility index (Phi) is 6.60. The van der Waals surface area contributed by atoms with E-state index in [-0.39, 0.29) is 36.2 Å². The molecule has 3 fully saturated rings. The standard InChI is InChI=1S/C19H33N3O5/c1-3-26-16-10-15(19(16)6-4-5-7-19)20-18(25)22-8-9-27-14(12-22)11-21(2)13-17(23)24/h14-16H,3-13H2,1-2H3,(H,20,25)(H,23,24). The molecule has 2 saturated carbocycles. The first kappa shape index (κ1) is 20.4. The van der Waals surface area contributed by atoms with Gasteiger partial charge in [0.1, 0.15) is 0 Å². The third-order valence-corrected chi connectivity index (χ3v) is 6.33. The molecule has 3 rings (SSSR count). The zero-order chi connectivity index (χ0) is 19.4. The van der Waals surface area contributed by atoms with E-state index in [0.717, 1.165) is 25.9 Å². The molecule has 0 bridgehead atoms. The average molecular weight is 383 g/mol. The molecule has 2 N–H and O–H groups in total. The molecule has 8 heteroatoms. The van der Waals surface area contributed by atoms with Gasteiger partial charge in [-0.1, -0.05) is 12.8 Å². The van der Waals surface area contributed by atoms with Crippen LogP contribution in [0.25, 0.3) is 0 Å². The molecule has 3 unspecified atom stereocenters. The monoisotopic (exact) mass is 383 g/mol. The number of rotatable bonds is 7. The maximum Gasteiger partial charge on any atom is 0.317 e. The van der Waals surface area contributed by atoms with Gasteiger partial charge in [-0.3, -0.25) is 9.69 Å². The van der Waals surface area contributed by atoms with Crippen LogP contribution in [-0.2, 0) is 14.3 Å². The molecule has 0 radical (unpaired) electrons. The molecule has 0 aromatic carbocycles. The van der Waals surface area contributed by atoms with E-state index in [1.807, 2.05) is 6.92 Å². The predicted molar refractivity (Wildman–Crippen MR) is 99.7 cm³/mol. The number of carbonyl (C=O) groups is 2. The second kappa shape index (κ2) is 8.75. The van der Waals surface area contributed by atoms with Gasteiger partial charge in [0, 0.05) is 37.7 Å². The minimum absolute atomic E-state index is 0.0320. The van der Waals surface area contributed by atoms with Crippen molar-refractivity contribution >= 4 is 12.0 Å². The largest absolute Gasteiger partial charge is 0.480 e. The summed E-state index contributed by atoms with van der Waals surface area (Å²) >= 11 is 0. The van der Waals surface area contributed by atoms with E-state index in [0.29, 0.717) is 26.2 Å². The molecule has 3 atom stereocenters. The lowest BCUT2D eigenvalue weighted by Crippen LogP contribution is -2.65. The minimum atomic E-state index is -0.862. The van der Waals surface area contributed by atoms with Crippen LogP contribution in [0.3, 0.4) is 0 Å². The summed E-state index contributed by atoms with van der Waals surface area (Å²) in [4.78, 5) is 27.2. The van der Waals surface area contributed by atoms with Crippen LogP contribution in [0.4, 0.5) is 4.79 Å². The Hall–Kier alpha value is -1.38. The molecule has 3 aliphatic rings. The summed E-state index contributed by atoms with van der Waals surface area (Å²) in [6.45, 7) is 4.76. The van der Waals surface area contributed by atoms with E-state index >= 15 is 0 Å². The summed E-state index contributed by atoms with van der Waals surface area (Å²) in [5, 5.41) is 12.1. The lowest BCUT2D eigenvalue weighted by atomic mass is 9.60. The maximum atomic E-state index is 12.8. The first-order valence-corrected chi connectivity index (χ1v) is 10.1. The van der Waals surface area contributed by atoms with Crippen LogP contribution in [0, 0.1) is 5.41 Å². The van der Waals surface area contributed by atoms with E-state index < -0.39 is 5.97 Å². The van der Waals surface area contributed by atoms with Gasteiger partial charge in [-0.15, -0.1) is 0 Å². The number of hydrogen-bond donors (Lipinski definition) is 2. The summed E-state index contributed by atoms with van der Waals surface area (Å²) in [6, 6.07) is 0.162. The van der Waals surface area contributed by atoms with E-state index in [1.54, 1.807) is 16.8 Å². The number of ether oxygens (including phenoxy) is 2. The predicted octanol–water partition coefficient (Wildman–Crippen LogP) is 1.15. The van der Waals surface area contributed by atoms with Gasteiger partial charge >= 0.3 is 12.0 Å². The summed E-state index contributed by atoms with van der Waals surface area (Å²) in [7, 11) is 1.75. The number of carbonyl (C=O) groups excluding carboxylic acids is 1. The number of carboxylic acids is 1. The fourth-order valence-electron chi connectivity index (χ4n) is 4.99. The second-order valence-corrected chi connectivity index (χ2v) is 8.15. The van der Waals surface area contributed by atoms with Crippen molar-refractivity contribution in [3.63, 3.8) is 0 Å². The molecule has 0 aromatic rings. The van der Waals surface area contributed by atoms with Crippen molar-refractivity contribution in [3.05, 3.63) is 0 Å². The van der Waals surface area contributed by atoms with Gasteiger partial charge in [-0.25, -0.2) is 4.79 Å². The summed E-state index contributed by atoms with van der Waals surface area (Å²) in [5.41, 5.74) is 0.124. The Morgan fingerprint density at radius 2 is 2.11 bits per heavy atom. The van der Waals surface area contributed by atoms with Crippen LogP contribution in [0.15, 0.2) is 0 Å². The van der Waals surface area contributed by atoms with Gasteiger partial charge < -0.3 is 24.8 Å². The number of amides is 2. The van der Waals surface area contributed by atoms with E-state index in [4.69, 9.17) is 14.6 Å². The first-order chi connectivity index (χ1) is 12.9. The zero-order valence-corrected chi connectivity index (χ0v) is 16.5. The van der Waals surface area contributed by atoms with Crippen LogP contribution in [0.2, 0.25) is 0 Å². The number of nitrogens with one attached hydrogen (secondary N) is 1. The number of likely N-dealkylation sites (N-methyl/N-ethyl adjacent to an activating group) is 1. The molecule has 2 amide bonds. The third kappa shape index (κ3) is 4.55. The summed E-state index contributed by atoms with van der Waals surface area (Å²) < 4.78 is 11.6. The van der Waals surface area contributed by atoms with Crippen LogP contribution in [0.1, 0.15) is 39.0 Å². The van der Waals surface area contributed by atoms with Crippen molar-refractivity contribution in [1.29, 1.82) is 0 Å². The second-order valence-electron chi connectivity index (χ2n) is 8.15. The SMILES string of the molecule is CCOC1CC(NC(=O)N2CCOC(CN(C)CC(=O)O)C2)C12CCCC2. The van der Waals surface area contributed by atoms with Gasteiger partial charge in [0.05, 0.1) is 25.4 Å². The van der Waals surface area contributed by atoms with Crippen LogP contribution in [0.5, 0.6) is 0 Å². The number of morpholine rings is 1. The first-order valence-electron chi connectivity index (χ1n) is 10.1. The molecule has 27 heavy (non-hydrogen) atoms. The van der Waals surface area contributed by atoms with Crippen molar-refractivity contribution in [2.24, 2.45) is 5.41 Å². The maximum absolute atomic E-state index is 12.8. The summed E-state index contributed by atoms with van der Waals surface area (Å²) in [6.07, 6.45) is 5.71. The molecule has 1 saturated heterocycles. The van der Waals surface area contributed by atoms with Crippen LogP contribution < -0.4 is 5.32 Å². The fourth-order valence-corrected chi connectivity index (χ4v) is 4.99. The van der Waals surface area contributed by atoms with Gasteiger partial charge in [-0.05, 0) is 33.2 Å². The number of aliphatic carboxylic acids is 1. The molecule has 2 aliphatic carbocycles. The number of nitrogens with zero attached hydrogens (tertiary/aromatic N) is 2. The smallest absolute Gasteiger partial charge is 0.317 e. The van der Waals surface area contributed by atoms with E-state index in [2.05, 4.69) is 5.32 Å². The number of carboxylic acid groups (broad SMARTS) is 1. The Bertz CT molecular complexity index is 537. The third-order valence-electron chi connectivity index (χ3n) is 6.33. The molecule has 0 aromatic heterocycles. The van der Waals surface area contributed by atoms with Crippen molar-refractivity contribution in [2.45, 2.75) is 57.3 Å². The highest BCUT2D eigenvalue weighted by Crippen LogP contribution is 2.54. The van der Waals surface area contributed by atoms with Gasteiger partial charge in [-0.2, -0.15) is 0 Å². The van der Waals surface area contributed by atoms with Gasteiger partial charge in [0.15, 0.2) is 0 Å². The number of hydrogen-bond acceptors (Lipinski definition) is 5. The molecular weight excluding hydrogens is 350 g/mol. The Morgan fingerprint density at radius 1 is 1.37 bits per heavy atom. The van der Waals surface area contributed by atoms with Crippen molar-refractivity contribution in [2.75, 3.05) is 46.4 Å². The zero-order valence-electron chi connectivity index (χ0n) is 16.5. The minimum Gasteiger partial charge on any atom is -0.480 e. The van der Waals surface area contributed by atoms with E-state index in [9.17, 15) is 9.59 Å². The highest BCUT2D eigenvalue weighted by atomic mass is 16.5.